The van der Waals surface area contributed by atoms with Gasteiger partial charge in [0, 0.05) is 0 Å². The van der Waals surface area contributed by atoms with Crippen LogP contribution in [0.1, 0.15) is 82.6 Å². The van der Waals surface area contributed by atoms with Gasteiger partial charge in [0.05, 0.1) is 0 Å². The molecule has 0 saturated heterocycles. The van der Waals surface area contributed by atoms with Crippen molar-refractivity contribution in [2.24, 2.45) is 5.92 Å². The molecule has 28 heavy (non-hydrogen) atoms. The predicted molar refractivity (Wildman–Crippen MR) is 100 cm³/mol. The van der Waals surface area contributed by atoms with E-state index in [1.54, 1.807) is 0 Å². The second-order valence-electron chi connectivity index (χ2n) is 7.62. The summed E-state index contributed by atoms with van der Waals surface area (Å²) in [7, 11) is 0. The van der Waals surface area contributed by atoms with E-state index >= 15 is 0 Å². The summed E-state index contributed by atoms with van der Waals surface area (Å²) < 4.78 is 68.0. The molecule has 0 radical (unpaired) electrons. The lowest BCUT2D eigenvalue weighted by Crippen LogP contribution is -2.19. The third-order valence-corrected chi connectivity index (χ3v) is 5.41. The third-order valence-electron chi connectivity index (χ3n) is 5.41. The van der Waals surface area contributed by atoms with Crippen LogP contribution in [0, 0.1) is 17.6 Å². The molecule has 1 saturated carbocycles. The SMILES string of the molecule is CCCC=CCCCCC1CCC(c2cc(F)c(OC(F)(F)F)c(F)c2)CC1. The Labute approximate surface area is 164 Å². The van der Waals surface area contributed by atoms with Crippen LogP contribution in [-0.2, 0) is 0 Å². The summed E-state index contributed by atoms with van der Waals surface area (Å²) in [5, 5.41) is 0. The molecule has 1 nitrogen and oxygen atoms in total. The van der Waals surface area contributed by atoms with Crippen molar-refractivity contribution in [3.63, 3.8) is 0 Å². The van der Waals surface area contributed by atoms with E-state index in [0.717, 1.165) is 57.1 Å². The lowest BCUT2D eigenvalue weighted by atomic mass is 9.77. The summed E-state index contributed by atoms with van der Waals surface area (Å²) in [6.45, 7) is 2.16. The van der Waals surface area contributed by atoms with Crippen molar-refractivity contribution in [3.05, 3.63) is 41.5 Å². The van der Waals surface area contributed by atoms with Crippen LogP contribution in [0.5, 0.6) is 5.75 Å². The molecule has 0 aromatic heterocycles. The number of unbranched alkanes of at least 4 members (excludes halogenated alkanes) is 3. The quantitative estimate of drug-likeness (QED) is 0.230. The predicted octanol–water partition coefficient (Wildman–Crippen LogP) is 8.05. The van der Waals surface area contributed by atoms with Gasteiger partial charge in [-0.1, -0.05) is 38.3 Å². The Morgan fingerprint density at radius 2 is 1.57 bits per heavy atom. The minimum Gasteiger partial charge on any atom is -0.399 e. The van der Waals surface area contributed by atoms with Gasteiger partial charge in [-0.15, -0.1) is 13.2 Å². The standard InChI is InChI=1S/C22H29F5O/c1-2-3-4-5-6-7-8-9-16-10-12-17(13-11-16)18-14-19(23)21(20(24)15-18)28-22(25,26)27/h4-5,14-17H,2-3,6-13H2,1H3. The number of allylic oxidation sites excluding steroid dienone is 2. The Balaban J connectivity index is 1.80. The summed E-state index contributed by atoms with van der Waals surface area (Å²) >= 11 is 0. The number of halogens is 5. The maximum Gasteiger partial charge on any atom is 0.573 e. The van der Waals surface area contributed by atoms with Gasteiger partial charge in [-0.3, -0.25) is 0 Å². The molecular weight excluding hydrogens is 375 g/mol. The maximum atomic E-state index is 13.9. The Morgan fingerprint density at radius 1 is 0.964 bits per heavy atom. The highest BCUT2D eigenvalue weighted by Gasteiger charge is 2.34. The number of alkyl halides is 3. The fourth-order valence-corrected chi connectivity index (χ4v) is 3.91. The summed E-state index contributed by atoms with van der Waals surface area (Å²) in [6, 6.07) is 1.97. The van der Waals surface area contributed by atoms with Gasteiger partial charge in [0.15, 0.2) is 11.6 Å². The lowest BCUT2D eigenvalue weighted by molar-refractivity contribution is -0.276. The van der Waals surface area contributed by atoms with Crippen molar-refractivity contribution in [1.29, 1.82) is 0 Å². The average Bonchev–Trinajstić information content (AvgIpc) is 2.63. The minimum atomic E-state index is -5.12. The van der Waals surface area contributed by atoms with Gasteiger partial charge in [-0.2, -0.15) is 0 Å². The van der Waals surface area contributed by atoms with Crippen LogP contribution in [-0.4, -0.2) is 6.36 Å². The second kappa shape index (κ2) is 10.8. The molecule has 1 aromatic carbocycles. The topological polar surface area (TPSA) is 9.23 Å². The number of hydrogen-bond acceptors (Lipinski definition) is 1. The number of rotatable bonds is 9. The Kier molecular flexibility index (Phi) is 8.77. The summed E-state index contributed by atoms with van der Waals surface area (Å²) in [5.41, 5.74) is 0.420. The lowest BCUT2D eigenvalue weighted by Gasteiger charge is -2.29. The first kappa shape index (κ1) is 22.7. The highest BCUT2D eigenvalue weighted by Crippen LogP contribution is 2.40. The van der Waals surface area contributed by atoms with Gasteiger partial charge >= 0.3 is 6.36 Å². The zero-order chi connectivity index (χ0) is 20.6. The van der Waals surface area contributed by atoms with Crippen LogP contribution in [0.15, 0.2) is 24.3 Å². The smallest absolute Gasteiger partial charge is 0.399 e. The van der Waals surface area contributed by atoms with Crippen LogP contribution in [0.2, 0.25) is 0 Å². The zero-order valence-electron chi connectivity index (χ0n) is 16.3. The highest BCUT2D eigenvalue weighted by molar-refractivity contribution is 5.33. The van der Waals surface area contributed by atoms with Gasteiger partial charge in [0.1, 0.15) is 0 Å². The molecule has 1 aliphatic carbocycles. The van der Waals surface area contributed by atoms with Crippen molar-refractivity contribution in [3.8, 4) is 5.75 Å². The van der Waals surface area contributed by atoms with Crippen LogP contribution < -0.4 is 4.74 Å². The van der Waals surface area contributed by atoms with Crippen LogP contribution in [0.25, 0.3) is 0 Å². The van der Waals surface area contributed by atoms with Crippen LogP contribution in [0.4, 0.5) is 22.0 Å². The van der Waals surface area contributed by atoms with E-state index in [9.17, 15) is 22.0 Å². The fourth-order valence-electron chi connectivity index (χ4n) is 3.91. The van der Waals surface area contributed by atoms with E-state index in [1.165, 1.54) is 19.3 Å². The van der Waals surface area contributed by atoms with E-state index in [2.05, 4.69) is 23.8 Å². The fraction of sp³-hybridized carbons (Fsp3) is 0.636. The summed E-state index contributed by atoms with van der Waals surface area (Å²) in [6.07, 6.45) is 9.88. The monoisotopic (exact) mass is 404 g/mol. The molecule has 0 amide bonds. The molecular formula is C22H29F5O. The van der Waals surface area contributed by atoms with Crippen molar-refractivity contribution >= 4 is 0 Å². The molecule has 0 bridgehead atoms. The molecule has 158 valence electrons. The Morgan fingerprint density at radius 3 is 2.14 bits per heavy atom. The first-order valence-corrected chi connectivity index (χ1v) is 10.2. The van der Waals surface area contributed by atoms with Gasteiger partial charge < -0.3 is 4.74 Å². The van der Waals surface area contributed by atoms with Crippen molar-refractivity contribution < 1.29 is 26.7 Å². The number of benzene rings is 1. The molecule has 0 aliphatic heterocycles. The first-order chi connectivity index (χ1) is 13.3. The second-order valence-corrected chi connectivity index (χ2v) is 7.62. The Bertz CT molecular complexity index is 607. The molecule has 0 N–H and O–H groups in total. The van der Waals surface area contributed by atoms with E-state index in [4.69, 9.17) is 0 Å². The van der Waals surface area contributed by atoms with Gasteiger partial charge in [0.25, 0.3) is 0 Å². The molecule has 0 unspecified atom stereocenters. The van der Waals surface area contributed by atoms with E-state index < -0.39 is 23.7 Å². The molecule has 2 rings (SSSR count). The van der Waals surface area contributed by atoms with Crippen LogP contribution >= 0.6 is 0 Å². The molecule has 0 spiro atoms. The first-order valence-electron chi connectivity index (χ1n) is 10.2. The molecule has 6 heteroatoms. The van der Waals surface area contributed by atoms with Crippen molar-refractivity contribution in [2.75, 3.05) is 0 Å². The van der Waals surface area contributed by atoms with Crippen LogP contribution in [0.3, 0.4) is 0 Å². The molecule has 0 heterocycles. The normalized spacial score (nSPS) is 20.6. The molecule has 1 aliphatic rings. The van der Waals surface area contributed by atoms with Gasteiger partial charge in [-0.05, 0) is 74.5 Å². The Hall–Kier alpha value is -1.59. The molecule has 1 aromatic rings. The van der Waals surface area contributed by atoms with Gasteiger partial charge in [-0.25, -0.2) is 8.78 Å². The van der Waals surface area contributed by atoms with E-state index in [0.29, 0.717) is 11.5 Å². The van der Waals surface area contributed by atoms with Crippen molar-refractivity contribution in [2.45, 2.75) is 83.4 Å². The average molecular weight is 404 g/mol. The largest absolute Gasteiger partial charge is 0.573 e. The summed E-state index contributed by atoms with van der Waals surface area (Å²) in [5.74, 6) is -3.37. The van der Waals surface area contributed by atoms with Crippen molar-refractivity contribution in [1.82, 2.24) is 0 Å². The summed E-state index contributed by atoms with van der Waals surface area (Å²) in [4.78, 5) is 0. The minimum absolute atomic E-state index is 0.0165. The van der Waals surface area contributed by atoms with Gasteiger partial charge in [0.2, 0.25) is 5.75 Å². The van der Waals surface area contributed by atoms with E-state index in [1.807, 2.05) is 0 Å². The highest BCUT2D eigenvalue weighted by atomic mass is 19.4. The number of ether oxygens (including phenoxy) is 1. The number of hydrogen-bond donors (Lipinski definition) is 0. The third kappa shape index (κ3) is 7.44. The van der Waals surface area contributed by atoms with E-state index in [-0.39, 0.29) is 5.92 Å². The molecule has 1 fully saturated rings. The zero-order valence-corrected chi connectivity index (χ0v) is 16.3. The molecule has 0 atom stereocenters. The maximum absolute atomic E-state index is 13.9.